The summed E-state index contributed by atoms with van der Waals surface area (Å²) < 4.78 is 26.5. The molecule has 0 bridgehead atoms. The molecule has 13 heavy (non-hydrogen) atoms. The normalized spacial score (nSPS) is 10.8. The lowest BCUT2D eigenvalue weighted by molar-refractivity contribution is 0.342. The van der Waals surface area contributed by atoms with Crippen molar-refractivity contribution in [1.82, 2.24) is 0 Å². The van der Waals surface area contributed by atoms with Crippen molar-refractivity contribution in [3.63, 3.8) is 0 Å². The van der Waals surface area contributed by atoms with Crippen LogP contribution in [0.25, 0.3) is 0 Å². The molecule has 1 rings (SSSR count). The van der Waals surface area contributed by atoms with Crippen molar-refractivity contribution in [2.45, 2.75) is 11.8 Å². The second kappa shape index (κ2) is 3.57. The predicted molar refractivity (Wildman–Crippen MR) is 49.0 cm³/mol. The highest BCUT2D eigenvalue weighted by atomic mass is 32.2. The standard InChI is InChI=1S/C8H9NO3S/c1-7-3-5-8(6-4-7)13(10,11)12-9-2/h3-6H,2H2,1H3. The number of nitrogens with zero attached hydrogens (tertiary/aromatic N) is 1. The number of benzene rings is 1. The fourth-order valence-corrected chi connectivity index (χ4v) is 1.51. The van der Waals surface area contributed by atoms with Gasteiger partial charge in [-0.3, -0.25) is 4.28 Å². The SMILES string of the molecule is C=NOS(=O)(=O)c1ccc(C)cc1. The quantitative estimate of drug-likeness (QED) is 0.545. The number of oxime groups is 1. The summed E-state index contributed by atoms with van der Waals surface area (Å²) in [5.41, 5.74) is 0.977. The van der Waals surface area contributed by atoms with Crippen LogP contribution >= 0.6 is 0 Å². The van der Waals surface area contributed by atoms with Crippen LogP contribution in [0.3, 0.4) is 0 Å². The lowest BCUT2D eigenvalue weighted by atomic mass is 10.2. The largest absolute Gasteiger partial charge is 0.358 e. The van der Waals surface area contributed by atoms with E-state index in [0.29, 0.717) is 0 Å². The minimum atomic E-state index is -3.76. The Bertz CT molecular complexity index is 394. The van der Waals surface area contributed by atoms with Gasteiger partial charge in [0.2, 0.25) is 0 Å². The zero-order chi connectivity index (χ0) is 9.90. The fourth-order valence-electron chi connectivity index (χ4n) is 0.817. The molecule has 0 radical (unpaired) electrons. The third kappa shape index (κ3) is 2.29. The minimum absolute atomic E-state index is 0.0745. The first-order chi connectivity index (χ1) is 6.06. The van der Waals surface area contributed by atoms with Crippen molar-refractivity contribution in [3.05, 3.63) is 29.8 Å². The van der Waals surface area contributed by atoms with Crippen LogP contribution in [0.4, 0.5) is 0 Å². The Hall–Kier alpha value is -1.36. The van der Waals surface area contributed by atoms with Crippen molar-refractivity contribution in [2.24, 2.45) is 5.16 Å². The fraction of sp³-hybridized carbons (Fsp3) is 0.125. The van der Waals surface area contributed by atoms with Gasteiger partial charge in [0.05, 0.1) is 0 Å². The van der Waals surface area contributed by atoms with Gasteiger partial charge in [0.15, 0.2) is 0 Å². The molecule has 0 aliphatic heterocycles. The van der Waals surface area contributed by atoms with Crippen molar-refractivity contribution in [1.29, 1.82) is 0 Å². The average Bonchev–Trinajstić information content (AvgIpc) is 2.05. The van der Waals surface area contributed by atoms with Crippen LogP contribution in [0.2, 0.25) is 0 Å². The molecule has 4 nitrogen and oxygen atoms in total. The van der Waals surface area contributed by atoms with Gasteiger partial charge in [0, 0.05) is 6.72 Å². The minimum Gasteiger partial charge on any atom is -0.265 e. The molecule has 1 aromatic rings. The van der Waals surface area contributed by atoms with Crippen LogP contribution < -0.4 is 0 Å². The molecule has 70 valence electrons. The van der Waals surface area contributed by atoms with E-state index in [2.05, 4.69) is 16.2 Å². The lowest BCUT2D eigenvalue weighted by Gasteiger charge is -2.00. The van der Waals surface area contributed by atoms with Gasteiger partial charge in [-0.25, -0.2) is 0 Å². The van der Waals surface area contributed by atoms with E-state index in [4.69, 9.17) is 0 Å². The summed E-state index contributed by atoms with van der Waals surface area (Å²) >= 11 is 0. The molecule has 0 heterocycles. The summed E-state index contributed by atoms with van der Waals surface area (Å²) in [6.45, 7) is 4.80. The summed E-state index contributed by atoms with van der Waals surface area (Å²) in [6.07, 6.45) is 0. The van der Waals surface area contributed by atoms with E-state index in [0.717, 1.165) is 5.56 Å². The van der Waals surface area contributed by atoms with Gasteiger partial charge in [0.25, 0.3) is 0 Å². The Morgan fingerprint density at radius 3 is 2.31 bits per heavy atom. The molecule has 0 unspecified atom stereocenters. The Kier molecular flexibility index (Phi) is 2.67. The first kappa shape index (κ1) is 9.73. The van der Waals surface area contributed by atoms with E-state index in [1.54, 1.807) is 12.1 Å². The van der Waals surface area contributed by atoms with Crippen molar-refractivity contribution >= 4 is 16.8 Å². The molecule has 5 heteroatoms. The number of aryl methyl sites for hydroxylation is 1. The Morgan fingerprint density at radius 2 is 1.85 bits per heavy atom. The summed E-state index contributed by atoms with van der Waals surface area (Å²) in [6, 6.07) is 6.27. The molecule has 0 N–H and O–H groups in total. The first-order valence-electron chi connectivity index (χ1n) is 3.52. The summed E-state index contributed by atoms with van der Waals surface area (Å²) in [7, 11) is -3.76. The zero-order valence-corrected chi connectivity index (χ0v) is 7.91. The molecule has 0 atom stereocenters. The molecule has 0 aliphatic rings. The summed E-state index contributed by atoms with van der Waals surface area (Å²) in [5.74, 6) is 0. The van der Waals surface area contributed by atoms with Gasteiger partial charge >= 0.3 is 10.1 Å². The first-order valence-corrected chi connectivity index (χ1v) is 4.93. The van der Waals surface area contributed by atoms with Crippen LogP contribution in [0.1, 0.15) is 5.56 Å². The Balaban J connectivity index is 3.08. The van der Waals surface area contributed by atoms with E-state index in [-0.39, 0.29) is 4.90 Å². The molecule has 0 spiro atoms. The predicted octanol–water partition coefficient (Wildman–Crippen LogP) is 1.32. The maximum Gasteiger partial charge on any atom is 0.358 e. The van der Waals surface area contributed by atoms with E-state index >= 15 is 0 Å². The smallest absolute Gasteiger partial charge is 0.265 e. The van der Waals surface area contributed by atoms with Crippen LogP contribution in [-0.4, -0.2) is 15.1 Å². The average molecular weight is 199 g/mol. The summed E-state index contributed by atoms with van der Waals surface area (Å²) in [4.78, 5) is 0.0745. The van der Waals surface area contributed by atoms with Gasteiger partial charge in [-0.05, 0) is 19.1 Å². The molecule has 0 fully saturated rings. The molecule has 0 saturated carbocycles. The van der Waals surface area contributed by atoms with E-state index in [1.807, 2.05) is 6.92 Å². The van der Waals surface area contributed by atoms with Crippen LogP contribution in [-0.2, 0) is 14.4 Å². The van der Waals surface area contributed by atoms with Gasteiger partial charge < -0.3 is 0 Å². The Morgan fingerprint density at radius 1 is 1.31 bits per heavy atom. The second-order valence-corrected chi connectivity index (χ2v) is 4.00. The van der Waals surface area contributed by atoms with Crippen LogP contribution in [0, 0.1) is 6.92 Å². The molecular formula is C8H9NO3S. The molecule has 1 aromatic carbocycles. The van der Waals surface area contributed by atoms with Gasteiger partial charge in [-0.15, -0.1) is 0 Å². The highest BCUT2D eigenvalue weighted by Gasteiger charge is 2.14. The number of hydrogen-bond donors (Lipinski definition) is 0. The van der Waals surface area contributed by atoms with Crippen LogP contribution in [0.5, 0.6) is 0 Å². The molecule has 0 aliphatic carbocycles. The van der Waals surface area contributed by atoms with E-state index in [1.165, 1.54) is 12.1 Å². The third-order valence-electron chi connectivity index (χ3n) is 1.46. The number of hydrogen-bond acceptors (Lipinski definition) is 4. The van der Waals surface area contributed by atoms with Gasteiger partial charge in [-0.2, -0.15) is 8.42 Å². The molecule has 0 aromatic heterocycles. The van der Waals surface area contributed by atoms with Crippen molar-refractivity contribution < 1.29 is 12.7 Å². The zero-order valence-electron chi connectivity index (χ0n) is 7.10. The maximum absolute atomic E-state index is 11.2. The van der Waals surface area contributed by atoms with Gasteiger partial charge in [0.1, 0.15) is 4.90 Å². The third-order valence-corrected chi connectivity index (χ3v) is 2.61. The number of rotatable bonds is 3. The summed E-state index contributed by atoms with van der Waals surface area (Å²) in [5, 5.41) is 2.87. The monoisotopic (exact) mass is 199 g/mol. The van der Waals surface area contributed by atoms with E-state index in [9.17, 15) is 8.42 Å². The molecular weight excluding hydrogens is 190 g/mol. The van der Waals surface area contributed by atoms with Crippen LogP contribution in [0.15, 0.2) is 34.3 Å². The second-order valence-electron chi connectivity index (χ2n) is 2.47. The highest BCUT2D eigenvalue weighted by molar-refractivity contribution is 7.86. The highest BCUT2D eigenvalue weighted by Crippen LogP contribution is 2.12. The lowest BCUT2D eigenvalue weighted by Crippen LogP contribution is -2.01. The van der Waals surface area contributed by atoms with Crippen molar-refractivity contribution in [3.8, 4) is 0 Å². The molecule has 0 saturated heterocycles. The van der Waals surface area contributed by atoms with E-state index < -0.39 is 10.1 Å². The topological polar surface area (TPSA) is 55.7 Å². The maximum atomic E-state index is 11.2. The molecule has 0 amide bonds. The van der Waals surface area contributed by atoms with Crippen molar-refractivity contribution in [2.75, 3.05) is 0 Å². The van der Waals surface area contributed by atoms with Gasteiger partial charge in [-0.1, -0.05) is 22.9 Å². The Labute approximate surface area is 77.0 Å².